The Labute approximate surface area is 186 Å². The molecule has 0 radical (unpaired) electrons. The van der Waals surface area contributed by atoms with Gasteiger partial charge < -0.3 is 10.0 Å². The number of piperazine rings is 1. The smallest absolute Gasteiger partial charge is 0.417 e. The highest BCUT2D eigenvalue weighted by Crippen LogP contribution is 2.32. The fourth-order valence-electron chi connectivity index (χ4n) is 3.91. The molecular formula is C20H20F5N3O4S. The Morgan fingerprint density at radius 1 is 1.12 bits per heavy atom. The molecule has 0 aliphatic carbocycles. The van der Waals surface area contributed by atoms with Gasteiger partial charge in [-0.15, -0.1) is 0 Å². The first-order valence-electron chi connectivity index (χ1n) is 9.74. The molecule has 1 fully saturated rings. The number of carbonyl (C=O) groups is 1. The van der Waals surface area contributed by atoms with Crippen molar-refractivity contribution in [1.29, 1.82) is 0 Å². The molecule has 1 aromatic heterocycles. The number of sulfonamides is 1. The number of pyridine rings is 1. The van der Waals surface area contributed by atoms with Gasteiger partial charge in [0.05, 0.1) is 12.0 Å². The fraction of sp³-hybridized carbons (Fsp3) is 0.400. The van der Waals surface area contributed by atoms with Crippen LogP contribution in [0.5, 0.6) is 0 Å². The summed E-state index contributed by atoms with van der Waals surface area (Å²) in [5, 5.41) is 8.87. The van der Waals surface area contributed by atoms with Crippen LogP contribution < -0.4 is 4.90 Å². The number of halogens is 5. The van der Waals surface area contributed by atoms with Crippen molar-refractivity contribution in [1.82, 2.24) is 9.29 Å². The predicted molar refractivity (Wildman–Crippen MR) is 107 cm³/mol. The van der Waals surface area contributed by atoms with Crippen molar-refractivity contribution in [3.05, 3.63) is 53.2 Å². The van der Waals surface area contributed by atoms with Gasteiger partial charge in [-0.2, -0.15) is 17.5 Å². The second kappa shape index (κ2) is 8.86. The van der Waals surface area contributed by atoms with Crippen molar-refractivity contribution in [3.8, 4) is 0 Å². The number of hydrogen-bond acceptors (Lipinski definition) is 5. The molecule has 3 rings (SSSR count). The van der Waals surface area contributed by atoms with E-state index in [1.165, 1.54) is 19.9 Å². The van der Waals surface area contributed by atoms with E-state index >= 15 is 0 Å². The quantitative estimate of drug-likeness (QED) is 0.643. The van der Waals surface area contributed by atoms with Gasteiger partial charge in [-0.25, -0.2) is 22.2 Å². The summed E-state index contributed by atoms with van der Waals surface area (Å²) in [5.41, 5.74) is -1.78. The number of rotatable bonds is 5. The summed E-state index contributed by atoms with van der Waals surface area (Å²) < 4.78 is 94.6. The molecule has 1 aromatic carbocycles. The zero-order chi connectivity index (χ0) is 24.7. The lowest BCUT2D eigenvalue weighted by Crippen LogP contribution is -2.58. The third-order valence-electron chi connectivity index (χ3n) is 5.27. The molecule has 7 nitrogen and oxygen atoms in total. The molecule has 2 unspecified atom stereocenters. The van der Waals surface area contributed by atoms with Crippen molar-refractivity contribution >= 4 is 21.8 Å². The highest BCUT2D eigenvalue weighted by atomic mass is 32.2. The lowest BCUT2D eigenvalue weighted by Gasteiger charge is -2.43. The van der Waals surface area contributed by atoms with E-state index in [0.717, 1.165) is 16.4 Å². The van der Waals surface area contributed by atoms with Crippen molar-refractivity contribution in [2.45, 2.75) is 43.4 Å². The Hall–Kier alpha value is -2.80. The number of carboxylic acid groups (broad SMARTS) is 1. The summed E-state index contributed by atoms with van der Waals surface area (Å²) in [7, 11) is -4.49. The molecule has 1 aliphatic rings. The Balaban J connectivity index is 1.89. The average Bonchev–Trinajstić information content (AvgIpc) is 2.69. The molecule has 0 amide bonds. The van der Waals surface area contributed by atoms with E-state index in [9.17, 15) is 35.2 Å². The highest BCUT2D eigenvalue weighted by Gasteiger charge is 2.41. The zero-order valence-corrected chi connectivity index (χ0v) is 18.3. The molecule has 1 N–H and O–H groups in total. The summed E-state index contributed by atoms with van der Waals surface area (Å²) in [5.74, 6) is -3.95. The van der Waals surface area contributed by atoms with E-state index in [-0.39, 0.29) is 18.9 Å². The number of anilines is 1. The molecule has 2 aromatic rings. The summed E-state index contributed by atoms with van der Waals surface area (Å²) >= 11 is 0. The number of benzene rings is 1. The van der Waals surface area contributed by atoms with E-state index in [1.54, 1.807) is 4.90 Å². The van der Waals surface area contributed by atoms with Crippen LogP contribution in [0, 0.1) is 11.6 Å². The van der Waals surface area contributed by atoms with E-state index < -0.39 is 68.3 Å². The van der Waals surface area contributed by atoms with Crippen LogP contribution in [0.1, 0.15) is 25.0 Å². The number of carboxylic acids is 1. The van der Waals surface area contributed by atoms with Crippen LogP contribution in [0.4, 0.5) is 27.8 Å². The number of aliphatic carboxylic acids is 1. The maximum atomic E-state index is 14.9. The van der Waals surface area contributed by atoms with Crippen molar-refractivity contribution in [3.63, 3.8) is 0 Å². The first-order valence-corrected chi connectivity index (χ1v) is 11.2. The molecule has 0 saturated carbocycles. The number of alkyl halides is 3. The molecular weight excluding hydrogens is 473 g/mol. The van der Waals surface area contributed by atoms with Gasteiger partial charge in [-0.05, 0) is 38.1 Å². The van der Waals surface area contributed by atoms with E-state index in [4.69, 9.17) is 5.11 Å². The zero-order valence-electron chi connectivity index (χ0n) is 17.5. The molecule has 2 heterocycles. The first-order chi connectivity index (χ1) is 15.2. The molecule has 0 spiro atoms. The van der Waals surface area contributed by atoms with Crippen molar-refractivity contribution < 1.29 is 40.3 Å². The lowest BCUT2D eigenvalue weighted by atomic mass is 10.1. The first kappa shape index (κ1) is 24.8. The van der Waals surface area contributed by atoms with Gasteiger partial charge in [-0.3, -0.25) is 4.79 Å². The van der Waals surface area contributed by atoms with Gasteiger partial charge in [-0.1, -0.05) is 0 Å². The van der Waals surface area contributed by atoms with E-state index in [0.29, 0.717) is 12.3 Å². The van der Waals surface area contributed by atoms with E-state index in [2.05, 4.69) is 4.98 Å². The minimum atomic E-state index is -4.54. The second-order valence-electron chi connectivity index (χ2n) is 7.75. The van der Waals surface area contributed by atoms with Crippen LogP contribution in [0.15, 0.2) is 35.4 Å². The van der Waals surface area contributed by atoms with Crippen LogP contribution >= 0.6 is 0 Å². The van der Waals surface area contributed by atoms with Crippen LogP contribution in [0.3, 0.4) is 0 Å². The summed E-state index contributed by atoms with van der Waals surface area (Å²) in [6, 6.07) is 1.99. The lowest BCUT2D eigenvalue weighted by molar-refractivity contribution is -0.138. The predicted octanol–water partition coefficient (Wildman–Crippen LogP) is 3.29. The fourth-order valence-corrected chi connectivity index (χ4v) is 5.81. The summed E-state index contributed by atoms with van der Waals surface area (Å²) in [4.78, 5) is 15.5. The van der Waals surface area contributed by atoms with Gasteiger partial charge >= 0.3 is 12.1 Å². The standard InChI is InChI=1S/C20H20F5N3O4S/c1-11-9-27(17-6-3-13(8-26-17)20(23,24)25)10-12(2)28(11)33(31,32)16-5-4-15(21)14(19(16)22)7-18(29)30/h3-6,8,11-12H,7,9-10H2,1-2H3,(H,29,30). The maximum Gasteiger partial charge on any atom is 0.417 e. The van der Waals surface area contributed by atoms with Crippen LogP contribution in [-0.4, -0.2) is 54.0 Å². The molecule has 2 atom stereocenters. The van der Waals surface area contributed by atoms with Gasteiger partial charge in [0.15, 0.2) is 0 Å². The number of aromatic nitrogens is 1. The summed E-state index contributed by atoms with van der Waals surface area (Å²) in [6.07, 6.45) is -4.89. The highest BCUT2D eigenvalue weighted by molar-refractivity contribution is 7.89. The topological polar surface area (TPSA) is 90.8 Å². The van der Waals surface area contributed by atoms with Crippen molar-refractivity contribution in [2.24, 2.45) is 0 Å². The normalized spacial score (nSPS) is 20.2. The van der Waals surface area contributed by atoms with Crippen LogP contribution in [0.25, 0.3) is 0 Å². The van der Waals surface area contributed by atoms with Gasteiger partial charge in [0, 0.05) is 36.9 Å². The van der Waals surface area contributed by atoms with Gasteiger partial charge in [0.25, 0.3) is 0 Å². The van der Waals surface area contributed by atoms with E-state index in [1.807, 2.05) is 0 Å². The number of hydrogen-bond donors (Lipinski definition) is 1. The molecule has 0 bridgehead atoms. The summed E-state index contributed by atoms with van der Waals surface area (Å²) in [6.45, 7) is 3.16. The Bertz CT molecular complexity index is 1140. The van der Waals surface area contributed by atoms with Gasteiger partial charge in [0.2, 0.25) is 10.0 Å². The second-order valence-corrected chi connectivity index (χ2v) is 9.56. The Morgan fingerprint density at radius 3 is 2.21 bits per heavy atom. The van der Waals surface area contributed by atoms with Crippen LogP contribution in [-0.2, 0) is 27.4 Å². The Kier molecular flexibility index (Phi) is 6.67. The minimum Gasteiger partial charge on any atom is -0.481 e. The monoisotopic (exact) mass is 493 g/mol. The average molecular weight is 493 g/mol. The molecule has 13 heteroatoms. The third-order valence-corrected chi connectivity index (χ3v) is 7.42. The maximum absolute atomic E-state index is 14.9. The minimum absolute atomic E-state index is 0.0483. The number of nitrogens with zero attached hydrogens (tertiary/aromatic N) is 3. The van der Waals surface area contributed by atoms with Crippen molar-refractivity contribution in [2.75, 3.05) is 18.0 Å². The molecule has 33 heavy (non-hydrogen) atoms. The largest absolute Gasteiger partial charge is 0.481 e. The molecule has 1 saturated heterocycles. The van der Waals surface area contributed by atoms with Crippen LogP contribution in [0.2, 0.25) is 0 Å². The SMILES string of the molecule is CC1CN(c2ccc(C(F)(F)F)cn2)CC(C)N1S(=O)(=O)c1ccc(F)c(CC(=O)O)c1F. The molecule has 180 valence electrons. The van der Waals surface area contributed by atoms with Gasteiger partial charge in [0.1, 0.15) is 22.3 Å². The Morgan fingerprint density at radius 2 is 1.73 bits per heavy atom. The molecule has 1 aliphatic heterocycles. The third kappa shape index (κ3) is 4.93.